The Hall–Kier alpha value is -0.860. The second-order valence-electron chi connectivity index (χ2n) is 5.65. The van der Waals surface area contributed by atoms with Gasteiger partial charge in [0.05, 0.1) is 0 Å². The quantitative estimate of drug-likeness (QED) is 0.835. The normalized spacial score (nSPS) is 18.9. The first kappa shape index (κ1) is 13.6. The van der Waals surface area contributed by atoms with Gasteiger partial charge in [-0.2, -0.15) is 0 Å². The first-order chi connectivity index (χ1) is 8.63. The third-order valence-electron chi connectivity index (χ3n) is 4.00. The van der Waals surface area contributed by atoms with Crippen molar-refractivity contribution in [2.24, 2.45) is 5.73 Å². The number of nitrogens with zero attached hydrogens (tertiary/aromatic N) is 1. The van der Waals surface area contributed by atoms with Crippen molar-refractivity contribution >= 4 is 0 Å². The van der Waals surface area contributed by atoms with Crippen molar-refractivity contribution in [3.05, 3.63) is 35.4 Å². The average Bonchev–Trinajstić information content (AvgIpc) is 3.19. The molecule has 1 aromatic rings. The molecule has 2 nitrogen and oxygen atoms in total. The van der Waals surface area contributed by atoms with Gasteiger partial charge in [0.25, 0.3) is 0 Å². The molecule has 0 amide bonds. The molecule has 1 fully saturated rings. The maximum absolute atomic E-state index is 6.44. The van der Waals surface area contributed by atoms with Gasteiger partial charge in [-0.25, -0.2) is 0 Å². The monoisotopic (exact) mass is 246 g/mol. The first-order valence-electron chi connectivity index (χ1n) is 7.21. The molecule has 2 N–H and O–H groups in total. The smallest absolute Gasteiger partial charge is 0.0450 e. The number of rotatable bonds is 6. The van der Waals surface area contributed by atoms with Crippen LogP contribution in [0, 0.1) is 6.92 Å². The van der Waals surface area contributed by atoms with Crippen molar-refractivity contribution in [3.8, 4) is 0 Å². The summed E-state index contributed by atoms with van der Waals surface area (Å²) in [6.45, 7) is 7.82. The minimum absolute atomic E-state index is 0.123. The van der Waals surface area contributed by atoms with Crippen LogP contribution in [0.2, 0.25) is 0 Å². The predicted octanol–water partition coefficient (Wildman–Crippen LogP) is 3.26. The lowest BCUT2D eigenvalue weighted by Gasteiger charge is -2.33. The van der Waals surface area contributed by atoms with Gasteiger partial charge < -0.3 is 5.73 Å². The fourth-order valence-corrected chi connectivity index (χ4v) is 2.66. The van der Waals surface area contributed by atoms with Gasteiger partial charge >= 0.3 is 0 Å². The third-order valence-corrected chi connectivity index (χ3v) is 4.00. The van der Waals surface area contributed by atoms with E-state index in [1.807, 2.05) is 0 Å². The summed E-state index contributed by atoms with van der Waals surface area (Å²) in [5.74, 6) is 0. The molecule has 100 valence electrons. The van der Waals surface area contributed by atoms with Gasteiger partial charge in [0.2, 0.25) is 0 Å². The van der Waals surface area contributed by atoms with E-state index < -0.39 is 0 Å². The Balaban J connectivity index is 2.06. The minimum atomic E-state index is 0.123. The summed E-state index contributed by atoms with van der Waals surface area (Å²) in [5.41, 5.74) is 9.00. The van der Waals surface area contributed by atoms with Gasteiger partial charge in [0, 0.05) is 18.1 Å². The van der Waals surface area contributed by atoms with Gasteiger partial charge in [0.1, 0.15) is 0 Å². The summed E-state index contributed by atoms with van der Waals surface area (Å²) in [4.78, 5) is 2.60. The summed E-state index contributed by atoms with van der Waals surface area (Å²) >= 11 is 0. The Morgan fingerprint density at radius 3 is 2.39 bits per heavy atom. The van der Waals surface area contributed by atoms with E-state index in [2.05, 4.69) is 49.9 Å². The molecule has 2 unspecified atom stereocenters. The predicted molar refractivity (Wildman–Crippen MR) is 77.6 cm³/mol. The van der Waals surface area contributed by atoms with Crippen molar-refractivity contribution in [1.82, 2.24) is 4.90 Å². The highest BCUT2D eigenvalue weighted by Gasteiger charge is 2.33. The van der Waals surface area contributed by atoms with E-state index in [-0.39, 0.29) is 6.04 Å². The molecule has 0 spiro atoms. The molecule has 2 rings (SSSR count). The maximum Gasteiger partial charge on any atom is 0.0450 e. The van der Waals surface area contributed by atoms with Crippen LogP contribution in [0.1, 0.15) is 50.3 Å². The zero-order valence-electron chi connectivity index (χ0n) is 11.9. The second kappa shape index (κ2) is 5.85. The molecule has 2 heteroatoms. The van der Waals surface area contributed by atoms with Crippen LogP contribution in [0.25, 0.3) is 0 Å². The summed E-state index contributed by atoms with van der Waals surface area (Å²) in [7, 11) is 0. The van der Waals surface area contributed by atoms with Crippen molar-refractivity contribution in [3.63, 3.8) is 0 Å². The lowest BCUT2D eigenvalue weighted by atomic mass is 9.99. The maximum atomic E-state index is 6.44. The molecule has 0 radical (unpaired) electrons. The zero-order valence-corrected chi connectivity index (χ0v) is 11.9. The summed E-state index contributed by atoms with van der Waals surface area (Å²) in [6, 6.07) is 10.0. The van der Waals surface area contributed by atoms with Gasteiger partial charge in [-0.15, -0.1) is 0 Å². The third kappa shape index (κ3) is 3.12. The van der Waals surface area contributed by atoms with Gasteiger partial charge in [-0.1, -0.05) is 36.8 Å². The van der Waals surface area contributed by atoms with E-state index in [4.69, 9.17) is 5.73 Å². The van der Waals surface area contributed by atoms with Crippen molar-refractivity contribution in [2.75, 3.05) is 6.54 Å². The molecule has 1 aliphatic rings. The topological polar surface area (TPSA) is 29.3 Å². The van der Waals surface area contributed by atoms with Crippen LogP contribution >= 0.6 is 0 Å². The Bertz CT molecular complexity index is 367. The number of hydrogen-bond acceptors (Lipinski definition) is 2. The molecule has 1 saturated carbocycles. The van der Waals surface area contributed by atoms with E-state index in [0.717, 1.165) is 6.04 Å². The van der Waals surface area contributed by atoms with E-state index in [9.17, 15) is 0 Å². The second-order valence-corrected chi connectivity index (χ2v) is 5.65. The molecule has 0 saturated heterocycles. The lowest BCUT2D eigenvalue weighted by Crippen LogP contribution is -2.42. The van der Waals surface area contributed by atoms with Crippen LogP contribution in [-0.2, 0) is 0 Å². The fourth-order valence-electron chi connectivity index (χ4n) is 2.66. The number of nitrogens with two attached hydrogens (primary N) is 1. The Morgan fingerprint density at radius 1 is 1.28 bits per heavy atom. The van der Waals surface area contributed by atoms with Crippen LogP contribution < -0.4 is 5.73 Å². The van der Waals surface area contributed by atoms with E-state index in [1.54, 1.807) is 0 Å². The molecule has 1 aliphatic carbocycles. The average molecular weight is 246 g/mol. The molecule has 0 aromatic heterocycles. The van der Waals surface area contributed by atoms with Crippen LogP contribution in [0.3, 0.4) is 0 Å². The molecular formula is C16H26N2. The zero-order chi connectivity index (χ0) is 13.1. The summed E-state index contributed by atoms with van der Waals surface area (Å²) < 4.78 is 0. The van der Waals surface area contributed by atoms with Crippen molar-refractivity contribution in [2.45, 2.75) is 58.2 Å². The van der Waals surface area contributed by atoms with Crippen molar-refractivity contribution < 1.29 is 0 Å². The lowest BCUT2D eigenvalue weighted by molar-refractivity contribution is 0.174. The van der Waals surface area contributed by atoms with Crippen LogP contribution in [0.5, 0.6) is 0 Å². The van der Waals surface area contributed by atoms with Crippen LogP contribution in [-0.4, -0.2) is 23.5 Å². The Kier molecular flexibility index (Phi) is 4.41. The van der Waals surface area contributed by atoms with E-state index in [1.165, 1.54) is 36.9 Å². The Morgan fingerprint density at radius 2 is 1.89 bits per heavy atom. The van der Waals surface area contributed by atoms with E-state index >= 15 is 0 Å². The molecular weight excluding hydrogens is 220 g/mol. The fraction of sp³-hybridized carbons (Fsp3) is 0.625. The number of hydrogen-bond donors (Lipinski definition) is 1. The van der Waals surface area contributed by atoms with Gasteiger partial charge in [-0.05, 0) is 45.2 Å². The Labute approximate surface area is 111 Å². The molecule has 18 heavy (non-hydrogen) atoms. The van der Waals surface area contributed by atoms with Crippen LogP contribution in [0.4, 0.5) is 0 Å². The van der Waals surface area contributed by atoms with Crippen LogP contribution in [0.15, 0.2) is 24.3 Å². The largest absolute Gasteiger partial charge is 0.323 e. The first-order valence-corrected chi connectivity index (χ1v) is 7.21. The number of benzene rings is 1. The minimum Gasteiger partial charge on any atom is -0.323 e. The highest BCUT2D eigenvalue weighted by atomic mass is 15.2. The molecule has 0 aliphatic heterocycles. The summed E-state index contributed by atoms with van der Waals surface area (Å²) in [5, 5.41) is 0. The molecule has 0 heterocycles. The molecule has 2 atom stereocenters. The SMILES string of the molecule is CCCN(C1CC1)C(C)C(N)c1ccc(C)cc1. The van der Waals surface area contributed by atoms with Crippen molar-refractivity contribution in [1.29, 1.82) is 0 Å². The summed E-state index contributed by atoms with van der Waals surface area (Å²) in [6.07, 6.45) is 3.91. The van der Waals surface area contributed by atoms with Gasteiger partial charge in [0.15, 0.2) is 0 Å². The number of aryl methyl sites for hydroxylation is 1. The van der Waals surface area contributed by atoms with Gasteiger partial charge in [-0.3, -0.25) is 4.90 Å². The molecule has 0 bridgehead atoms. The highest BCUT2D eigenvalue weighted by molar-refractivity contribution is 5.25. The van der Waals surface area contributed by atoms with E-state index in [0.29, 0.717) is 6.04 Å². The molecule has 1 aromatic carbocycles. The standard InChI is InChI=1S/C16H26N2/c1-4-11-18(15-9-10-15)13(3)16(17)14-7-5-12(2)6-8-14/h5-8,13,15-16H,4,9-11,17H2,1-3H3. The highest BCUT2D eigenvalue weighted by Crippen LogP contribution is 2.32.